The van der Waals surface area contributed by atoms with Gasteiger partial charge >= 0.3 is 0 Å². The van der Waals surface area contributed by atoms with Crippen LogP contribution in [0.5, 0.6) is 0 Å². The lowest BCUT2D eigenvalue weighted by Gasteiger charge is -2.08. The van der Waals surface area contributed by atoms with Crippen molar-refractivity contribution in [2.24, 2.45) is 0 Å². The number of thiazole rings is 1. The molecule has 0 amide bonds. The first-order valence-corrected chi connectivity index (χ1v) is 11.7. The third-order valence-corrected chi connectivity index (χ3v) is 6.72. The van der Waals surface area contributed by atoms with Gasteiger partial charge in [0.15, 0.2) is 5.78 Å². The van der Waals surface area contributed by atoms with Crippen LogP contribution >= 0.6 is 23.1 Å². The maximum atomic E-state index is 12.9. The van der Waals surface area contributed by atoms with Crippen molar-refractivity contribution in [3.63, 3.8) is 0 Å². The molecule has 5 rings (SSSR count). The van der Waals surface area contributed by atoms with Gasteiger partial charge in [-0.15, -0.1) is 11.3 Å². The third-order valence-electron chi connectivity index (χ3n) is 4.87. The minimum absolute atomic E-state index is 0.0765. The lowest BCUT2D eigenvalue weighted by Crippen LogP contribution is -2.04. The number of aromatic amines is 1. The quantitative estimate of drug-likeness (QED) is 0.298. The number of nitrogens with one attached hydrogen (secondary N) is 1. The van der Waals surface area contributed by atoms with Gasteiger partial charge in [0, 0.05) is 38.5 Å². The predicted molar refractivity (Wildman–Crippen MR) is 130 cm³/mol. The number of nitrogens with zero attached hydrogens (tertiary/aromatic N) is 3. The topological polar surface area (TPSA) is 71.5 Å². The summed E-state index contributed by atoms with van der Waals surface area (Å²) in [5.74, 6) is 0.0765. The van der Waals surface area contributed by atoms with Crippen LogP contribution < -0.4 is 0 Å². The zero-order valence-electron chi connectivity index (χ0n) is 16.9. The second-order valence-electron chi connectivity index (χ2n) is 7.03. The molecule has 7 heteroatoms. The number of rotatable bonds is 7. The Bertz CT molecular complexity index is 1390. The minimum Gasteiger partial charge on any atom is -0.294 e. The Kier molecular flexibility index (Phi) is 5.91. The summed E-state index contributed by atoms with van der Waals surface area (Å²) < 4.78 is 0. The molecular weight excluding hydrogens is 436 g/mol. The minimum atomic E-state index is 0.0765. The first-order chi connectivity index (χ1) is 15.8. The Hall–Kier alpha value is -3.55. The van der Waals surface area contributed by atoms with Crippen LogP contribution in [0.2, 0.25) is 0 Å². The van der Waals surface area contributed by atoms with Crippen molar-refractivity contribution in [1.82, 2.24) is 20.2 Å². The first-order valence-electron chi connectivity index (χ1n) is 10.0. The van der Waals surface area contributed by atoms with Gasteiger partial charge in [0.2, 0.25) is 0 Å². The maximum Gasteiger partial charge on any atom is 0.170 e. The molecular formula is C25H18N4OS2. The van der Waals surface area contributed by atoms with Gasteiger partial charge in [-0.05, 0) is 48.6 Å². The Morgan fingerprint density at radius 2 is 1.91 bits per heavy atom. The second-order valence-corrected chi connectivity index (χ2v) is 9.12. The van der Waals surface area contributed by atoms with Gasteiger partial charge in [-0.3, -0.25) is 14.9 Å². The second kappa shape index (κ2) is 9.30. The lowest BCUT2D eigenvalue weighted by molar-refractivity contribution is 0.0990. The average molecular weight is 455 g/mol. The molecule has 0 aliphatic rings. The maximum absolute atomic E-state index is 12.9. The number of H-pyrrole nitrogens is 1. The van der Waals surface area contributed by atoms with Gasteiger partial charge in [0.25, 0.3) is 0 Å². The molecule has 0 saturated carbocycles. The summed E-state index contributed by atoms with van der Waals surface area (Å²) >= 11 is 3.08. The normalized spacial score (nSPS) is 11.4. The molecule has 0 spiro atoms. The zero-order chi connectivity index (χ0) is 21.8. The summed E-state index contributed by atoms with van der Waals surface area (Å²) in [7, 11) is 0. The van der Waals surface area contributed by atoms with E-state index in [1.165, 1.54) is 11.3 Å². The molecule has 0 bridgehead atoms. The fourth-order valence-electron chi connectivity index (χ4n) is 3.34. The first kappa shape index (κ1) is 20.4. The molecule has 32 heavy (non-hydrogen) atoms. The molecule has 5 nitrogen and oxygen atoms in total. The van der Waals surface area contributed by atoms with Gasteiger partial charge < -0.3 is 0 Å². The Morgan fingerprint density at radius 3 is 2.75 bits per heavy atom. The molecule has 5 aromatic rings. The van der Waals surface area contributed by atoms with Crippen molar-refractivity contribution in [2.45, 2.75) is 16.2 Å². The molecule has 0 saturated heterocycles. The Morgan fingerprint density at radius 1 is 1.00 bits per heavy atom. The van der Waals surface area contributed by atoms with Crippen molar-refractivity contribution in [1.29, 1.82) is 0 Å². The molecule has 0 aliphatic heterocycles. The number of fused-ring (bicyclic) bond motifs is 1. The molecule has 0 radical (unpaired) electrons. The third kappa shape index (κ3) is 4.54. The number of hydrogen-bond donors (Lipinski definition) is 1. The fraction of sp³-hybridized carbons (Fsp3) is 0.0400. The smallest absolute Gasteiger partial charge is 0.170 e. The molecule has 0 fully saturated rings. The van der Waals surface area contributed by atoms with Crippen LogP contribution in [0.3, 0.4) is 0 Å². The number of carbonyl (C=O) groups is 1. The molecule has 0 aliphatic carbocycles. The van der Waals surface area contributed by atoms with Crippen LogP contribution in [0.15, 0.2) is 88.2 Å². The Balaban J connectivity index is 1.37. The van der Waals surface area contributed by atoms with E-state index in [9.17, 15) is 4.79 Å². The number of benzene rings is 2. The highest BCUT2D eigenvalue weighted by atomic mass is 32.2. The van der Waals surface area contributed by atoms with Crippen LogP contribution in [0, 0.1) is 0 Å². The van der Waals surface area contributed by atoms with Gasteiger partial charge in [-0.1, -0.05) is 36.0 Å². The monoisotopic (exact) mass is 454 g/mol. The van der Waals surface area contributed by atoms with E-state index in [0.29, 0.717) is 6.42 Å². The highest BCUT2D eigenvalue weighted by molar-refractivity contribution is 7.99. The van der Waals surface area contributed by atoms with Crippen LogP contribution in [0.4, 0.5) is 0 Å². The summed E-state index contributed by atoms with van der Waals surface area (Å²) in [6.07, 6.45) is 7.72. The van der Waals surface area contributed by atoms with E-state index in [2.05, 4.69) is 38.4 Å². The number of ketones is 1. The van der Waals surface area contributed by atoms with Crippen LogP contribution in [0.25, 0.3) is 23.1 Å². The van der Waals surface area contributed by atoms with Crippen molar-refractivity contribution in [3.8, 4) is 0 Å². The van der Waals surface area contributed by atoms with E-state index in [1.807, 2.05) is 60.0 Å². The number of carbonyl (C=O) groups excluding carboxylic acids is 1. The molecule has 0 unspecified atom stereocenters. The van der Waals surface area contributed by atoms with E-state index in [-0.39, 0.29) is 5.78 Å². The number of aromatic nitrogens is 4. The number of hydrogen-bond acceptors (Lipinski definition) is 6. The van der Waals surface area contributed by atoms with Crippen molar-refractivity contribution in [2.75, 3.05) is 0 Å². The molecule has 3 heterocycles. The fourth-order valence-corrected chi connectivity index (χ4v) is 4.96. The standard InChI is InChI=1S/C25H18N4OS2/c30-23(16-25-27-13-14-31-25)20-6-1-2-7-24(20)32-18-9-10-19-21(28-29-22(19)15-18)11-8-17-5-3-4-12-26-17/h1-15H,16H2,(H,28,29)/b11-8+. The highest BCUT2D eigenvalue weighted by Gasteiger charge is 2.14. The number of Topliss-reactive ketones (excluding diaryl/α,β-unsaturated/α-hetero) is 1. The lowest BCUT2D eigenvalue weighted by atomic mass is 10.1. The summed E-state index contributed by atoms with van der Waals surface area (Å²) in [6, 6.07) is 19.7. The summed E-state index contributed by atoms with van der Waals surface area (Å²) in [6.45, 7) is 0. The van der Waals surface area contributed by atoms with E-state index in [4.69, 9.17) is 0 Å². The molecule has 1 N–H and O–H groups in total. The van der Waals surface area contributed by atoms with E-state index in [0.717, 1.165) is 42.7 Å². The molecule has 0 atom stereocenters. The summed E-state index contributed by atoms with van der Waals surface area (Å²) in [5, 5.41) is 11.3. The van der Waals surface area contributed by atoms with Crippen LogP contribution in [-0.4, -0.2) is 25.9 Å². The average Bonchev–Trinajstić information content (AvgIpc) is 3.48. The summed E-state index contributed by atoms with van der Waals surface area (Å²) in [4.78, 5) is 23.4. The molecule has 156 valence electrons. The van der Waals surface area contributed by atoms with Gasteiger partial charge in [0.1, 0.15) is 5.01 Å². The predicted octanol–water partition coefficient (Wildman–Crippen LogP) is 6.16. The largest absolute Gasteiger partial charge is 0.294 e. The van der Waals surface area contributed by atoms with Crippen molar-refractivity contribution < 1.29 is 4.79 Å². The SMILES string of the molecule is O=C(Cc1nccs1)c1ccccc1Sc1ccc2c(/C=C/c3ccccn3)n[nH]c2c1. The van der Waals surface area contributed by atoms with Crippen molar-refractivity contribution >= 4 is 51.9 Å². The molecule has 3 aromatic heterocycles. The van der Waals surface area contributed by atoms with E-state index in [1.54, 1.807) is 24.2 Å². The molecule has 2 aromatic carbocycles. The van der Waals surface area contributed by atoms with E-state index >= 15 is 0 Å². The van der Waals surface area contributed by atoms with E-state index < -0.39 is 0 Å². The Labute approximate surface area is 193 Å². The zero-order valence-corrected chi connectivity index (χ0v) is 18.6. The summed E-state index contributed by atoms with van der Waals surface area (Å²) in [5.41, 5.74) is 3.41. The van der Waals surface area contributed by atoms with Gasteiger partial charge in [0.05, 0.1) is 23.3 Å². The van der Waals surface area contributed by atoms with Gasteiger partial charge in [-0.2, -0.15) is 5.10 Å². The van der Waals surface area contributed by atoms with Crippen LogP contribution in [-0.2, 0) is 6.42 Å². The van der Waals surface area contributed by atoms with Crippen LogP contribution in [0.1, 0.15) is 26.8 Å². The van der Waals surface area contributed by atoms with Crippen molar-refractivity contribution in [3.05, 3.63) is 100 Å². The number of pyridine rings is 1. The van der Waals surface area contributed by atoms with Gasteiger partial charge in [-0.25, -0.2) is 4.98 Å². The highest BCUT2D eigenvalue weighted by Crippen LogP contribution is 2.33.